The standard InChI is InChI=1S/C21H24N4O2S/c1-15-9-10-18(11-16(15)2)27-13-19-23-24-21(25(19)3)28-14-20(26)22-12-17-7-5-4-6-8-17/h4-11H,12-14H2,1-3H3,(H,22,26). The van der Waals surface area contributed by atoms with Gasteiger partial charge in [-0.05, 0) is 42.7 Å². The van der Waals surface area contributed by atoms with Crippen molar-refractivity contribution in [3.63, 3.8) is 0 Å². The average Bonchev–Trinajstić information content (AvgIpc) is 3.06. The zero-order chi connectivity index (χ0) is 19.9. The van der Waals surface area contributed by atoms with Crippen LogP contribution in [0.2, 0.25) is 0 Å². The van der Waals surface area contributed by atoms with Crippen LogP contribution in [-0.4, -0.2) is 26.4 Å². The van der Waals surface area contributed by atoms with E-state index in [1.54, 1.807) is 0 Å². The monoisotopic (exact) mass is 396 g/mol. The van der Waals surface area contributed by atoms with Crippen LogP contribution >= 0.6 is 11.8 Å². The lowest BCUT2D eigenvalue weighted by Crippen LogP contribution is -2.24. The Morgan fingerprint density at radius 3 is 2.64 bits per heavy atom. The number of amides is 1. The van der Waals surface area contributed by atoms with Crippen molar-refractivity contribution in [2.24, 2.45) is 7.05 Å². The predicted molar refractivity (Wildman–Crippen MR) is 110 cm³/mol. The highest BCUT2D eigenvalue weighted by molar-refractivity contribution is 7.99. The van der Waals surface area contributed by atoms with Crippen LogP contribution in [0.4, 0.5) is 0 Å². The van der Waals surface area contributed by atoms with E-state index in [0.29, 0.717) is 24.1 Å². The van der Waals surface area contributed by atoms with E-state index in [4.69, 9.17) is 4.74 Å². The smallest absolute Gasteiger partial charge is 0.230 e. The van der Waals surface area contributed by atoms with Gasteiger partial charge >= 0.3 is 0 Å². The summed E-state index contributed by atoms with van der Waals surface area (Å²) in [5, 5.41) is 11.9. The van der Waals surface area contributed by atoms with Crippen molar-refractivity contribution in [2.45, 2.75) is 32.2 Å². The Hall–Kier alpha value is -2.80. The van der Waals surface area contributed by atoms with E-state index in [0.717, 1.165) is 11.3 Å². The Morgan fingerprint density at radius 2 is 1.89 bits per heavy atom. The number of nitrogens with zero attached hydrogens (tertiary/aromatic N) is 3. The van der Waals surface area contributed by atoms with Crippen LogP contribution in [0.15, 0.2) is 53.7 Å². The highest BCUT2D eigenvalue weighted by atomic mass is 32.2. The Bertz CT molecular complexity index is 941. The van der Waals surface area contributed by atoms with E-state index < -0.39 is 0 Å². The van der Waals surface area contributed by atoms with Crippen molar-refractivity contribution in [3.05, 3.63) is 71.0 Å². The van der Waals surface area contributed by atoms with Gasteiger partial charge in [0.05, 0.1) is 5.75 Å². The molecule has 3 rings (SSSR count). The fraction of sp³-hybridized carbons (Fsp3) is 0.286. The van der Waals surface area contributed by atoms with Crippen molar-refractivity contribution < 1.29 is 9.53 Å². The van der Waals surface area contributed by atoms with Crippen LogP contribution in [0, 0.1) is 13.8 Å². The summed E-state index contributed by atoms with van der Waals surface area (Å²) >= 11 is 1.36. The molecule has 3 aromatic rings. The van der Waals surface area contributed by atoms with Gasteiger partial charge in [-0.2, -0.15) is 0 Å². The zero-order valence-corrected chi connectivity index (χ0v) is 17.1. The molecule has 2 aromatic carbocycles. The molecule has 0 bridgehead atoms. The fourth-order valence-electron chi connectivity index (χ4n) is 2.53. The molecule has 0 spiro atoms. The molecule has 1 aromatic heterocycles. The molecule has 28 heavy (non-hydrogen) atoms. The Balaban J connectivity index is 1.48. The second-order valence-corrected chi connectivity index (χ2v) is 7.49. The summed E-state index contributed by atoms with van der Waals surface area (Å²) in [4.78, 5) is 12.1. The average molecular weight is 397 g/mol. The Kier molecular flexibility index (Phi) is 6.71. The number of aryl methyl sites for hydroxylation is 2. The van der Waals surface area contributed by atoms with Crippen LogP contribution in [0.1, 0.15) is 22.5 Å². The van der Waals surface area contributed by atoms with Crippen molar-refractivity contribution in [1.29, 1.82) is 0 Å². The van der Waals surface area contributed by atoms with Gasteiger partial charge in [-0.15, -0.1) is 10.2 Å². The van der Waals surface area contributed by atoms with Gasteiger partial charge in [0.2, 0.25) is 5.91 Å². The molecule has 0 atom stereocenters. The number of nitrogens with one attached hydrogen (secondary N) is 1. The number of hydrogen-bond donors (Lipinski definition) is 1. The van der Waals surface area contributed by atoms with Gasteiger partial charge in [-0.1, -0.05) is 48.2 Å². The first-order valence-corrected chi connectivity index (χ1v) is 10.0. The van der Waals surface area contributed by atoms with Crippen molar-refractivity contribution in [1.82, 2.24) is 20.1 Å². The number of aromatic nitrogens is 3. The van der Waals surface area contributed by atoms with Crippen LogP contribution < -0.4 is 10.1 Å². The lowest BCUT2D eigenvalue weighted by atomic mass is 10.1. The lowest BCUT2D eigenvalue weighted by molar-refractivity contribution is -0.118. The van der Waals surface area contributed by atoms with Crippen molar-refractivity contribution >= 4 is 17.7 Å². The normalized spacial score (nSPS) is 10.7. The molecule has 1 heterocycles. The number of rotatable bonds is 8. The third kappa shape index (κ3) is 5.36. The van der Waals surface area contributed by atoms with E-state index in [1.807, 2.05) is 60.1 Å². The van der Waals surface area contributed by atoms with Crippen molar-refractivity contribution in [3.8, 4) is 5.75 Å². The maximum Gasteiger partial charge on any atom is 0.230 e. The molecule has 7 heteroatoms. The summed E-state index contributed by atoms with van der Waals surface area (Å²) in [7, 11) is 1.88. The molecule has 0 saturated carbocycles. The Labute approximate surface area is 169 Å². The van der Waals surface area contributed by atoms with Gasteiger partial charge in [0, 0.05) is 13.6 Å². The summed E-state index contributed by atoms with van der Waals surface area (Å²) in [6.07, 6.45) is 0. The minimum Gasteiger partial charge on any atom is -0.486 e. The molecule has 0 aliphatic rings. The zero-order valence-electron chi connectivity index (χ0n) is 16.3. The first-order valence-electron chi connectivity index (χ1n) is 9.04. The number of thioether (sulfide) groups is 1. The summed E-state index contributed by atoms with van der Waals surface area (Å²) < 4.78 is 7.68. The van der Waals surface area contributed by atoms with Gasteiger partial charge in [-0.3, -0.25) is 4.79 Å². The molecule has 6 nitrogen and oxygen atoms in total. The molecule has 0 fully saturated rings. The molecule has 146 valence electrons. The molecule has 0 aliphatic carbocycles. The summed E-state index contributed by atoms with van der Waals surface area (Å²) in [5.41, 5.74) is 3.49. The molecule has 0 aliphatic heterocycles. The highest BCUT2D eigenvalue weighted by Gasteiger charge is 2.12. The summed E-state index contributed by atoms with van der Waals surface area (Å²) in [5.74, 6) is 1.77. The maximum atomic E-state index is 12.1. The molecule has 1 N–H and O–H groups in total. The quantitative estimate of drug-likeness (QED) is 0.591. The maximum absolute atomic E-state index is 12.1. The number of benzene rings is 2. The highest BCUT2D eigenvalue weighted by Crippen LogP contribution is 2.19. The van der Waals surface area contributed by atoms with Gasteiger partial charge in [0.25, 0.3) is 0 Å². The topological polar surface area (TPSA) is 69.0 Å². The number of hydrogen-bond acceptors (Lipinski definition) is 5. The van der Waals surface area contributed by atoms with Gasteiger partial charge < -0.3 is 14.6 Å². The fourth-order valence-corrected chi connectivity index (χ4v) is 3.29. The molecule has 0 saturated heterocycles. The van der Waals surface area contributed by atoms with Crippen LogP contribution in [0.5, 0.6) is 5.75 Å². The largest absolute Gasteiger partial charge is 0.486 e. The van der Waals surface area contributed by atoms with Crippen LogP contribution in [0.3, 0.4) is 0 Å². The van der Waals surface area contributed by atoms with Gasteiger partial charge in [0.15, 0.2) is 11.0 Å². The van der Waals surface area contributed by atoms with Crippen LogP contribution in [0.25, 0.3) is 0 Å². The van der Waals surface area contributed by atoms with E-state index in [2.05, 4.69) is 29.4 Å². The van der Waals surface area contributed by atoms with Gasteiger partial charge in [-0.25, -0.2) is 0 Å². The van der Waals surface area contributed by atoms with Crippen molar-refractivity contribution in [2.75, 3.05) is 5.75 Å². The molecular formula is C21H24N4O2S. The molecular weight excluding hydrogens is 372 g/mol. The van der Waals surface area contributed by atoms with E-state index in [-0.39, 0.29) is 11.7 Å². The number of carbonyl (C=O) groups excluding carboxylic acids is 1. The predicted octanol–water partition coefficient (Wildman–Crippen LogP) is 3.42. The summed E-state index contributed by atoms with van der Waals surface area (Å²) in [6, 6.07) is 15.8. The van der Waals surface area contributed by atoms with Gasteiger partial charge in [0.1, 0.15) is 12.4 Å². The van der Waals surface area contributed by atoms with E-state index in [9.17, 15) is 4.79 Å². The minimum absolute atomic E-state index is 0.0372. The number of ether oxygens (including phenoxy) is 1. The molecule has 0 radical (unpaired) electrons. The second kappa shape index (κ2) is 9.41. The van der Waals surface area contributed by atoms with E-state index >= 15 is 0 Å². The lowest BCUT2D eigenvalue weighted by Gasteiger charge is -2.08. The minimum atomic E-state index is -0.0372. The van der Waals surface area contributed by atoms with Crippen LogP contribution in [-0.2, 0) is 25.0 Å². The van der Waals surface area contributed by atoms with E-state index in [1.165, 1.54) is 22.9 Å². The first kappa shape index (κ1) is 19.9. The number of carbonyl (C=O) groups is 1. The third-order valence-electron chi connectivity index (χ3n) is 4.44. The SMILES string of the molecule is Cc1ccc(OCc2nnc(SCC(=O)NCc3ccccc3)n2C)cc1C. The Morgan fingerprint density at radius 1 is 1.11 bits per heavy atom. The summed E-state index contributed by atoms with van der Waals surface area (Å²) in [6.45, 7) is 4.98. The first-order chi connectivity index (χ1) is 13.5. The molecule has 0 unspecified atom stereocenters. The second-order valence-electron chi connectivity index (χ2n) is 6.54. The molecule has 1 amide bonds. The third-order valence-corrected chi connectivity index (χ3v) is 5.46.